The molecule has 0 radical (unpaired) electrons. The van der Waals surface area contributed by atoms with Crippen LogP contribution >= 0.6 is 46.1 Å². The van der Waals surface area contributed by atoms with Crippen molar-refractivity contribution in [2.24, 2.45) is 0 Å². The number of methoxy groups -OCH3 is 1. The standard InChI is InChI=1S/C19H12Cl3F3O3S/c1-28-18(27)17-10-4-2-3-9(10)16(29-17)14(26)7-11(19(23,24)25)8-5-12(20)15(22)13(21)6-8/h5-7H,2-4H2,1H3/b11-7+. The molecule has 1 aliphatic rings. The molecule has 154 valence electrons. The van der Waals surface area contributed by atoms with Crippen LogP contribution in [0.15, 0.2) is 18.2 Å². The fraction of sp³-hybridized carbons (Fsp3) is 0.263. The summed E-state index contributed by atoms with van der Waals surface area (Å²) in [6, 6.07) is 2.00. The van der Waals surface area contributed by atoms with E-state index in [1.807, 2.05) is 0 Å². The Morgan fingerprint density at radius 1 is 1.07 bits per heavy atom. The van der Waals surface area contributed by atoms with E-state index in [1.54, 1.807) is 0 Å². The molecule has 3 rings (SSSR count). The summed E-state index contributed by atoms with van der Waals surface area (Å²) < 4.78 is 45.8. The summed E-state index contributed by atoms with van der Waals surface area (Å²) in [5.41, 5.74) is -0.315. The van der Waals surface area contributed by atoms with Crippen LogP contribution in [0.5, 0.6) is 0 Å². The van der Waals surface area contributed by atoms with Crippen LogP contribution < -0.4 is 0 Å². The number of halogens is 6. The maximum Gasteiger partial charge on any atom is 0.417 e. The predicted octanol–water partition coefficient (Wildman–Crippen LogP) is 6.81. The number of benzene rings is 1. The minimum Gasteiger partial charge on any atom is -0.465 e. The largest absolute Gasteiger partial charge is 0.465 e. The van der Waals surface area contributed by atoms with Gasteiger partial charge in [-0.05, 0) is 54.2 Å². The summed E-state index contributed by atoms with van der Waals surface area (Å²) >= 11 is 18.4. The van der Waals surface area contributed by atoms with E-state index >= 15 is 0 Å². The lowest BCUT2D eigenvalue weighted by atomic mass is 10.0. The van der Waals surface area contributed by atoms with Gasteiger partial charge in [0.1, 0.15) is 4.88 Å². The monoisotopic (exact) mass is 482 g/mol. The number of hydrogen-bond acceptors (Lipinski definition) is 4. The van der Waals surface area contributed by atoms with Crippen LogP contribution in [0.2, 0.25) is 15.1 Å². The van der Waals surface area contributed by atoms with E-state index in [0.29, 0.717) is 36.5 Å². The zero-order valence-corrected chi connectivity index (χ0v) is 17.8. The average molecular weight is 484 g/mol. The molecule has 0 fully saturated rings. The molecule has 10 heteroatoms. The molecule has 3 nitrogen and oxygen atoms in total. The minimum atomic E-state index is -4.85. The third kappa shape index (κ3) is 4.33. The first-order chi connectivity index (χ1) is 13.5. The van der Waals surface area contributed by atoms with Gasteiger partial charge in [-0.1, -0.05) is 34.8 Å². The molecule has 0 spiro atoms. The number of carbonyl (C=O) groups excluding carboxylic acids is 2. The van der Waals surface area contributed by atoms with Crippen molar-refractivity contribution in [3.8, 4) is 0 Å². The van der Waals surface area contributed by atoms with Crippen LogP contribution in [0.4, 0.5) is 13.2 Å². The number of carbonyl (C=O) groups is 2. The van der Waals surface area contributed by atoms with Gasteiger partial charge in [0.2, 0.25) is 0 Å². The van der Waals surface area contributed by atoms with Gasteiger partial charge >= 0.3 is 12.1 Å². The first-order valence-electron chi connectivity index (χ1n) is 8.25. The van der Waals surface area contributed by atoms with Gasteiger partial charge in [0.15, 0.2) is 5.78 Å². The van der Waals surface area contributed by atoms with Crippen molar-refractivity contribution in [2.45, 2.75) is 25.4 Å². The van der Waals surface area contributed by atoms with Gasteiger partial charge in [0.05, 0.1) is 32.6 Å². The molecular weight excluding hydrogens is 472 g/mol. The van der Waals surface area contributed by atoms with Crippen LogP contribution in [-0.2, 0) is 17.6 Å². The second-order valence-corrected chi connectivity index (χ2v) is 8.45. The lowest BCUT2D eigenvalue weighted by Crippen LogP contribution is -2.13. The Hall–Kier alpha value is -1.54. The number of alkyl halides is 3. The Balaban J connectivity index is 2.11. The second kappa shape index (κ2) is 8.30. The Morgan fingerprint density at radius 2 is 1.62 bits per heavy atom. The van der Waals surface area contributed by atoms with E-state index in [1.165, 1.54) is 7.11 Å². The van der Waals surface area contributed by atoms with Crippen molar-refractivity contribution < 1.29 is 27.5 Å². The molecule has 0 aliphatic heterocycles. The molecule has 1 aliphatic carbocycles. The summed E-state index contributed by atoms with van der Waals surface area (Å²) in [6.45, 7) is 0. The van der Waals surface area contributed by atoms with E-state index in [-0.39, 0.29) is 30.4 Å². The maximum atomic E-state index is 13.7. The first kappa shape index (κ1) is 22.2. The highest BCUT2D eigenvalue weighted by atomic mass is 35.5. The van der Waals surface area contributed by atoms with E-state index in [9.17, 15) is 22.8 Å². The fourth-order valence-corrected chi connectivity index (χ4v) is 4.99. The average Bonchev–Trinajstić information content (AvgIpc) is 3.24. The normalized spacial score (nSPS) is 14.1. The van der Waals surface area contributed by atoms with E-state index < -0.39 is 23.5 Å². The molecule has 0 bridgehead atoms. The highest BCUT2D eigenvalue weighted by molar-refractivity contribution is 7.16. The Morgan fingerprint density at radius 3 is 2.14 bits per heavy atom. The SMILES string of the molecule is COC(=O)c1sc(C(=O)/C=C(\c2cc(Cl)c(Cl)c(Cl)c2)C(F)(F)F)c2c1CCC2. The molecule has 0 saturated heterocycles. The third-order valence-corrected chi connectivity index (χ3v) is 6.91. The minimum absolute atomic E-state index is 0.0799. The summed E-state index contributed by atoms with van der Waals surface area (Å²) in [4.78, 5) is 25.1. The number of thiophene rings is 1. The molecule has 0 amide bonds. The molecular formula is C19H12Cl3F3O3S. The van der Waals surface area contributed by atoms with E-state index in [2.05, 4.69) is 0 Å². The highest BCUT2D eigenvalue weighted by Crippen LogP contribution is 2.41. The highest BCUT2D eigenvalue weighted by Gasteiger charge is 2.37. The van der Waals surface area contributed by atoms with Crippen molar-refractivity contribution in [2.75, 3.05) is 7.11 Å². The molecule has 2 aromatic rings. The van der Waals surface area contributed by atoms with Crippen LogP contribution in [0.25, 0.3) is 5.57 Å². The van der Waals surface area contributed by atoms with E-state index in [4.69, 9.17) is 39.5 Å². The Labute approximate surface area is 183 Å². The zero-order valence-electron chi connectivity index (χ0n) is 14.8. The lowest BCUT2D eigenvalue weighted by molar-refractivity contribution is -0.0689. The van der Waals surface area contributed by atoms with Gasteiger partial charge in [0, 0.05) is 0 Å². The number of ether oxygens (including phenoxy) is 1. The number of fused-ring (bicyclic) bond motifs is 1. The van der Waals surface area contributed by atoms with Gasteiger partial charge < -0.3 is 4.74 Å². The summed E-state index contributed by atoms with van der Waals surface area (Å²) in [7, 11) is 1.21. The van der Waals surface area contributed by atoms with Gasteiger partial charge in [-0.25, -0.2) is 4.79 Å². The van der Waals surface area contributed by atoms with Crippen molar-refractivity contribution in [1.82, 2.24) is 0 Å². The molecule has 0 atom stereocenters. The van der Waals surface area contributed by atoms with Crippen LogP contribution in [0, 0.1) is 0 Å². The molecule has 0 saturated carbocycles. The smallest absolute Gasteiger partial charge is 0.417 e. The number of ketones is 1. The molecule has 0 unspecified atom stereocenters. The van der Waals surface area contributed by atoms with Crippen LogP contribution in [0.1, 0.15) is 42.5 Å². The fourth-order valence-electron chi connectivity index (χ4n) is 3.16. The topological polar surface area (TPSA) is 43.4 Å². The van der Waals surface area contributed by atoms with Crippen molar-refractivity contribution >= 4 is 63.5 Å². The van der Waals surface area contributed by atoms with Crippen LogP contribution in [0.3, 0.4) is 0 Å². The quantitative estimate of drug-likeness (QED) is 0.208. The Bertz CT molecular complexity index is 1020. The Kier molecular flexibility index (Phi) is 6.34. The van der Waals surface area contributed by atoms with Crippen LogP contribution in [-0.4, -0.2) is 25.0 Å². The summed E-state index contributed by atoms with van der Waals surface area (Å²) in [6.07, 6.45) is -2.55. The van der Waals surface area contributed by atoms with Gasteiger partial charge in [-0.3, -0.25) is 4.79 Å². The zero-order chi connectivity index (χ0) is 21.5. The molecule has 1 heterocycles. The van der Waals surface area contributed by atoms with Gasteiger partial charge in [-0.2, -0.15) is 13.2 Å². The molecule has 1 aromatic carbocycles. The second-order valence-electron chi connectivity index (χ2n) is 6.24. The summed E-state index contributed by atoms with van der Waals surface area (Å²) in [5.74, 6) is -1.46. The maximum absolute atomic E-state index is 13.7. The number of hydrogen-bond donors (Lipinski definition) is 0. The van der Waals surface area contributed by atoms with Crippen molar-refractivity contribution in [3.63, 3.8) is 0 Å². The molecule has 29 heavy (non-hydrogen) atoms. The van der Waals surface area contributed by atoms with Gasteiger partial charge in [0.25, 0.3) is 0 Å². The number of allylic oxidation sites excluding steroid dienone is 2. The number of rotatable bonds is 4. The molecule has 0 N–H and O–H groups in total. The van der Waals surface area contributed by atoms with Crippen molar-refractivity contribution in [3.05, 3.63) is 59.7 Å². The van der Waals surface area contributed by atoms with Gasteiger partial charge in [-0.15, -0.1) is 11.3 Å². The third-order valence-electron chi connectivity index (χ3n) is 4.44. The van der Waals surface area contributed by atoms with E-state index in [0.717, 1.165) is 23.5 Å². The lowest BCUT2D eigenvalue weighted by Gasteiger charge is -2.13. The first-order valence-corrected chi connectivity index (χ1v) is 10.2. The predicted molar refractivity (Wildman–Crippen MR) is 108 cm³/mol. The number of esters is 1. The van der Waals surface area contributed by atoms with Crippen molar-refractivity contribution in [1.29, 1.82) is 0 Å². The molecule has 1 aromatic heterocycles. The summed E-state index contributed by atoms with van der Waals surface area (Å²) in [5, 5.41) is -0.410.